The van der Waals surface area contributed by atoms with Gasteiger partial charge >= 0.3 is 0 Å². The molecule has 0 atom stereocenters. The molecule has 0 bridgehead atoms. The number of benzene rings is 2. The number of hydrogen-bond donors (Lipinski definition) is 0. The molecule has 0 radical (unpaired) electrons. The number of amides is 1. The molecule has 0 spiro atoms. The normalized spacial score (nSPS) is 12.2. The van der Waals surface area contributed by atoms with Crippen LogP contribution in [-0.2, 0) is 11.3 Å². The van der Waals surface area contributed by atoms with Crippen molar-refractivity contribution in [3.8, 4) is 17.2 Å². The van der Waals surface area contributed by atoms with E-state index in [9.17, 15) is 4.79 Å². The number of ether oxygens (including phenoxy) is 3. The molecule has 3 aromatic rings. The van der Waals surface area contributed by atoms with Gasteiger partial charge in [0.15, 0.2) is 11.5 Å². The lowest BCUT2D eigenvalue weighted by atomic mass is 10.1. The first kappa shape index (κ1) is 18.1. The number of fused-ring (bicyclic) bond motifs is 2. The highest BCUT2D eigenvalue weighted by Gasteiger charge is 2.14. The fraction of sp³-hybridized carbons (Fsp3) is 0.273. The molecule has 0 aliphatic carbocycles. The van der Waals surface area contributed by atoms with Crippen LogP contribution in [0.4, 0.5) is 0 Å². The first-order valence-electron chi connectivity index (χ1n) is 9.30. The van der Waals surface area contributed by atoms with Crippen molar-refractivity contribution in [2.75, 3.05) is 20.4 Å². The van der Waals surface area contributed by atoms with Gasteiger partial charge in [-0.2, -0.15) is 0 Å². The number of pyridine rings is 1. The van der Waals surface area contributed by atoms with Crippen LogP contribution in [0.15, 0.2) is 54.7 Å². The molecule has 144 valence electrons. The zero-order valence-electron chi connectivity index (χ0n) is 15.8. The SMILES string of the molecule is CN(Cc1cccc2ncccc12)C(=O)CCCOc1ccc2c(c1)OCO2. The largest absolute Gasteiger partial charge is 0.493 e. The van der Waals surface area contributed by atoms with E-state index in [0.717, 1.165) is 22.2 Å². The summed E-state index contributed by atoms with van der Waals surface area (Å²) in [6, 6.07) is 15.4. The molecule has 1 aromatic heterocycles. The van der Waals surface area contributed by atoms with Gasteiger partial charge < -0.3 is 19.1 Å². The molecule has 2 aromatic carbocycles. The van der Waals surface area contributed by atoms with Crippen LogP contribution in [0.3, 0.4) is 0 Å². The molecule has 6 nitrogen and oxygen atoms in total. The van der Waals surface area contributed by atoms with Crippen molar-refractivity contribution in [3.05, 3.63) is 60.3 Å². The lowest BCUT2D eigenvalue weighted by molar-refractivity contribution is -0.130. The monoisotopic (exact) mass is 378 g/mol. The predicted octanol–water partition coefficient (Wildman–Crippen LogP) is 3.78. The molecular formula is C22H22N2O4. The van der Waals surface area contributed by atoms with Crippen LogP contribution in [-0.4, -0.2) is 36.2 Å². The van der Waals surface area contributed by atoms with Crippen LogP contribution in [0.2, 0.25) is 0 Å². The number of aromatic nitrogens is 1. The van der Waals surface area contributed by atoms with Crippen LogP contribution in [0.5, 0.6) is 17.2 Å². The van der Waals surface area contributed by atoms with Crippen molar-refractivity contribution in [1.82, 2.24) is 9.88 Å². The second-order valence-electron chi connectivity index (χ2n) is 6.70. The molecular weight excluding hydrogens is 356 g/mol. The zero-order valence-corrected chi connectivity index (χ0v) is 15.8. The fourth-order valence-electron chi connectivity index (χ4n) is 3.22. The van der Waals surface area contributed by atoms with Crippen LogP contribution in [0.1, 0.15) is 18.4 Å². The van der Waals surface area contributed by atoms with Crippen molar-refractivity contribution in [2.45, 2.75) is 19.4 Å². The Morgan fingerprint density at radius 3 is 2.96 bits per heavy atom. The van der Waals surface area contributed by atoms with E-state index in [1.165, 1.54) is 0 Å². The molecule has 0 saturated heterocycles. The number of carbonyl (C=O) groups is 1. The standard InChI is InChI=1S/C22H22N2O4/c1-24(14-16-5-2-7-19-18(16)6-3-11-23-19)22(25)8-4-12-26-17-9-10-20-21(13-17)28-15-27-20/h2-3,5-7,9-11,13H,4,8,12,14-15H2,1H3. The van der Waals surface area contributed by atoms with Crippen molar-refractivity contribution in [2.24, 2.45) is 0 Å². The summed E-state index contributed by atoms with van der Waals surface area (Å²) >= 11 is 0. The number of hydrogen-bond acceptors (Lipinski definition) is 5. The third-order valence-corrected chi connectivity index (χ3v) is 4.72. The quantitative estimate of drug-likeness (QED) is 0.586. The average Bonchev–Trinajstić information content (AvgIpc) is 3.19. The number of carbonyl (C=O) groups excluding carboxylic acids is 1. The van der Waals surface area contributed by atoms with Gasteiger partial charge in [-0.25, -0.2) is 0 Å². The van der Waals surface area contributed by atoms with E-state index < -0.39 is 0 Å². The summed E-state index contributed by atoms with van der Waals surface area (Å²) in [5.41, 5.74) is 2.04. The smallest absolute Gasteiger partial charge is 0.231 e. The number of nitrogens with zero attached hydrogens (tertiary/aromatic N) is 2. The van der Waals surface area contributed by atoms with Crippen LogP contribution in [0, 0.1) is 0 Å². The maximum Gasteiger partial charge on any atom is 0.231 e. The molecule has 0 saturated carbocycles. The minimum Gasteiger partial charge on any atom is -0.493 e. The lowest BCUT2D eigenvalue weighted by Crippen LogP contribution is -2.26. The van der Waals surface area contributed by atoms with E-state index in [1.54, 1.807) is 11.1 Å². The molecule has 2 heterocycles. The van der Waals surface area contributed by atoms with Crippen molar-refractivity contribution in [3.63, 3.8) is 0 Å². The van der Waals surface area contributed by atoms with Gasteiger partial charge in [0.2, 0.25) is 12.7 Å². The Morgan fingerprint density at radius 1 is 1.14 bits per heavy atom. The Bertz CT molecular complexity index is 984. The molecule has 28 heavy (non-hydrogen) atoms. The van der Waals surface area contributed by atoms with Gasteiger partial charge in [-0.05, 0) is 36.2 Å². The highest BCUT2D eigenvalue weighted by molar-refractivity contribution is 5.83. The Morgan fingerprint density at radius 2 is 2.04 bits per heavy atom. The Balaban J connectivity index is 1.26. The summed E-state index contributed by atoms with van der Waals surface area (Å²) < 4.78 is 16.3. The third kappa shape index (κ3) is 4.01. The second kappa shape index (κ2) is 8.17. The van der Waals surface area contributed by atoms with Gasteiger partial charge in [0.1, 0.15) is 5.75 Å². The van der Waals surface area contributed by atoms with Crippen molar-refractivity contribution >= 4 is 16.8 Å². The molecule has 1 aliphatic rings. The summed E-state index contributed by atoms with van der Waals surface area (Å²) in [5, 5.41) is 1.08. The fourth-order valence-corrected chi connectivity index (χ4v) is 3.22. The Kier molecular flexibility index (Phi) is 5.28. The predicted molar refractivity (Wildman–Crippen MR) is 106 cm³/mol. The van der Waals surface area contributed by atoms with Crippen molar-refractivity contribution < 1.29 is 19.0 Å². The van der Waals surface area contributed by atoms with Gasteiger partial charge in [-0.1, -0.05) is 18.2 Å². The highest BCUT2D eigenvalue weighted by Crippen LogP contribution is 2.35. The van der Waals surface area contributed by atoms with Gasteiger partial charge in [-0.3, -0.25) is 9.78 Å². The Labute approximate surface area is 163 Å². The summed E-state index contributed by atoms with van der Waals surface area (Å²) in [6.45, 7) is 1.27. The molecule has 1 amide bonds. The van der Waals surface area contributed by atoms with Crippen molar-refractivity contribution in [1.29, 1.82) is 0 Å². The van der Waals surface area contributed by atoms with Crippen LogP contribution in [0.25, 0.3) is 10.9 Å². The molecule has 0 fully saturated rings. The van der Waals surface area contributed by atoms with E-state index in [1.807, 2.05) is 55.6 Å². The van der Waals surface area contributed by atoms with Crippen LogP contribution < -0.4 is 14.2 Å². The van der Waals surface area contributed by atoms with Gasteiger partial charge in [0.05, 0.1) is 12.1 Å². The topological polar surface area (TPSA) is 60.9 Å². The van der Waals surface area contributed by atoms with E-state index in [2.05, 4.69) is 4.98 Å². The molecule has 4 rings (SSSR count). The number of rotatable bonds is 7. The molecule has 1 aliphatic heterocycles. The molecule has 0 N–H and O–H groups in total. The third-order valence-electron chi connectivity index (χ3n) is 4.72. The van der Waals surface area contributed by atoms with E-state index in [4.69, 9.17) is 14.2 Å². The summed E-state index contributed by atoms with van der Waals surface area (Å²) in [4.78, 5) is 18.6. The maximum absolute atomic E-state index is 12.5. The van der Waals surface area contributed by atoms with E-state index >= 15 is 0 Å². The minimum absolute atomic E-state index is 0.0928. The van der Waals surface area contributed by atoms with Crippen LogP contribution >= 0.6 is 0 Å². The zero-order chi connectivity index (χ0) is 19.3. The van der Waals surface area contributed by atoms with E-state index in [-0.39, 0.29) is 12.7 Å². The second-order valence-corrected chi connectivity index (χ2v) is 6.70. The molecule has 6 heteroatoms. The van der Waals surface area contributed by atoms with Gasteiger partial charge in [0, 0.05) is 37.7 Å². The summed E-state index contributed by atoms with van der Waals surface area (Å²) in [5.74, 6) is 2.23. The first-order chi connectivity index (χ1) is 13.7. The van der Waals surface area contributed by atoms with E-state index in [0.29, 0.717) is 37.5 Å². The summed E-state index contributed by atoms with van der Waals surface area (Å²) in [6.07, 6.45) is 2.86. The first-order valence-corrected chi connectivity index (χ1v) is 9.30. The molecule has 0 unspecified atom stereocenters. The van der Waals surface area contributed by atoms with Gasteiger partial charge in [0.25, 0.3) is 0 Å². The minimum atomic E-state index is 0.0928. The van der Waals surface area contributed by atoms with Gasteiger partial charge in [-0.15, -0.1) is 0 Å². The lowest BCUT2D eigenvalue weighted by Gasteiger charge is -2.18. The highest BCUT2D eigenvalue weighted by atomic mass is 16.7. The maximum atomic E-state index is 12.5. The average molecular weight is 378 g/mol. The Hall–Kier alpha value is -3.28. The summed E-state index contributed by atoms with van der Waals surface area (Å²) in [7, 11) is 1.83.